The first-order valence-corrected chi connectivity index (χ1v) is 5.54. The summed E-state index contributed by atoms with van der Waals surface area (Å²) in [6.45, 7) is 9.38. The molecule has 0 atom stereocenters. The number of aryl methyl sites for hydroxylation is 1. The molecule has 0 bridgehead atoms. The van der Waals surface area contributed by atoms with Gasteiger partial charge in [0.15, 0.2) is 0 Å². The Bertz CT molecular complexity index is 362. The minimum absolute atomic E-state index is 0.578. The van der Waals surface area contributed by atoms with E-state index in [1.54, 1.807) is 0 Å². The van der Waals surface area contributed by atoms with Gasteiger partial charge in [-0.3, -0.25) is 0 Å². The Morgan fingerprint density at radius 2 is 1.93 bits per heavy atom. The SMILES string of the molecule is Cc1cc(C(C)C)cc(/C=C/CN)c1C. The van der Waals surface area contributed by atoms with Gasteiger partial charge in [-0.2, -0.15) is 0 Å². The van der Waals surface area contributed by atoms with Crippen LogP contribution in [0.4, 0.5) is 0 Å². The zero-order valence-corrected chi connectivity index (χ0v) is 10.2. The summed E-state index contributed by atoms with van der Waals surface area (Å²) in [5, 5.41) is 0. The normalized spacial score (nSPS) is 11.6. The molecule has 0 saturated heterocycles. The third-order valence-corrected chi connectivity index (χ3v) is 2.83. The van der Waals surface area contributed by atoms with E-state index in [1.807, 2.05) is 6.08 Å². The quantitative estimate of drug-likeness (QED) is 0.800. The van der Waals surface area contributed by atoms with Crippen LogP contribution in [0, 0.1) is 13.8 Å². The summed E-state index contributed by atoms with van der Waals surface area (Å²) >= 11 is 0. The van der Waals surface area contributed by atoms with Gasteiger partial charge in [0, 0.05) is 6.54 Å². The number of nitrogens with two attached hydrogens (primary N) is 1. The van der Waals surface area contributed by atoms with E-state index in [-0.39, 0.29) is 0 Å². The monoisotopic (exact) mass is 203 g/mol. The summed E-state index contributed by atoms with van der Waals surface area (Å²) in [6, 6.07) is 4.54. The highest BCUT2D eigenvalue weighted by Gasteiger charge is 2.04. The zero-order chi connectivity index (χ0) is 11.4. The first-order chi connectivity index (χ1) is 7.06. The van der Waals surface area contributed by atoms with Crippen molar-refractivity contribution in [3.8, 4) is 0 Å². The maximum absolute atomic E-state index is 5.48. The average Bonchev–Trinajstić information content (AvgIpc) is 2.19. The molecule has 82 valence electrons. The van der Waals surface area contributed by atoms with Crippen molar-refractivity contribution < 1.29 is 0 Å². The van der Waals surface area contributed by atoms with E-state index in [0.29, 0.717) is 12.5 Å². The molecule has 0 aliphatic heterocycles. The van der Waals surface area contributed by atoms with Crippen LogP contribution in [0.1, 0.15) is 42.0 Å². The second-order valence-corrected chi connectivity index (χ2v) is 4.34. The van der Waals surface area contributed by atoms with Crippen LogP contribution in [-0.4, -0.2) is 6.54 Å². The highest BCUT2D eigenvalue weighted by molar-refractivity contribution is 5.57. The minimum atomic E-state index is 0.578. The maximum Gasteiger partial charge on any atom is 0.0110 e. The lowest BCUT2D eigenvalue weighted by atomic mass is 9.94. The van der Waals surface area contributed by atoms with Crippen molar-refractivity contribution >= 4 is 6.08 Å². The molecular weight excluding hydrogens is 182 g/mol. The van der Waals surface area contributed by atoms with Crippen molar-refractivity contribution in [2.24, 2.45) is 5.73 Å². The van der Waals surface area contributed by atoms with Crippen molar-refractivity contribution in [3.63, 3.8) is 0 Å². The van der Waals surface area contributed by atoms with Crippen LogP contribution >= 0.6 is 0 Å². The van der Waals surface area contributed by atoms with E-state index in [0.717, 1.165) is 0 Å². The fourth-order valence-corrected chi connectivity index (χ4v) is 1.62. The molecule has 0 saturated carbocycles. The first kappa shape index (κ1) is 12.0. The molecule has 0 fully saturated rings. The number of hydrogen-bond donors (Lipinski definition) is 1. The molecule has 1 aromatic carbocycles. The molecule has 1 nitrogen and oxygen atoms in total. The molecular formula is C14H21N. The zero-order valence-electron chi connectivity index (χ0n) is 10.2. The highest BCUT2D eigenvalue weighted by Crippen LogP contribution is 2.22. The lowest BCUT2D eigenvalue weighted by Crippen LogP contribution is -1.96. The summed E-state index contributed by atoms with van der Waals surface area (Å²) in [6.07, 6.45) is 4.13. The van der Waals surface area contributed by atoms with Gasteiger partial charge in [0.2, 0.25) is 0 Å². The molecule has 0 radical (unpaired) electrons. The second-order valence-electron chi connectivity index (χ2n) is 4.34. The van der Waals surface area contributed by atoms with Gasteiger partial charge in [0.25, 0.3) is 0 Å². The average molecular weight is 203 g/mol. The topological polar surface area (TPSA) is 26.0 Å². The Kier molecular flexibility index (Phi) is 4.10. The van der Waals surface area contributed by atoms with Gasteiger partial charge in [-0.1, -0.05) is 38.1 Å². The molecule has 1 rings (SSSR count). The smallest absolute Gasteiger partial charge is 0.0110 e. The summed E-state index contributed by atoms with van der Waals surface area (Å²) < 4.78 is 0. The Hall–Kier alpha value is -1.08. The number of hydrogen-bond acceptors (Lipinski definition) is 1. The first-order valence-electron chi connectivity index (χ1n) is 5.54. The van der Waals surface area contributed by atoms with Crippen molar-refractivity contribution in [2.45, 2.75) is 33.6 Å². The van der Waals surface area contributed by atoms with E-state index in [1.165, 1.54) is 22.3 Å². The van der Waals surface area contributed by atoms with Crippen molar-refractivity contribution in [2.75, 3.05) is 6.54 Å². The summed E-state index contributed by atoms with van der Waals surface area (Å²) in [7, 11) is 0. The Labute approximate surface area is 93.0 Å². The van der Waals surface area contributed by atoms with Crippen LogP contribution in [0.15, 0.2) is 18.2 Å². The van der Waals surface area contributed by atoms with Crippen molar-refractivity contribution in [3.05, 3.63) is 40.5 Å². The molecule has 0 amide bonds. The van der Waals surface area contributed by atoms with Gasteiger partial charge in [-0.15, -0.1) is 0 Å². The van der Waals surface area contributed by atoms with Crippen molar-refractivity contribution in [1.82, 2.24) is 0 Å². The fraction of sp³-hybridized carbons (Fsp3) is 0.429. The maximum atomic E-state index is 5.48. The molecule has 1 aromatic rings. The lowest BCUT2D eigenvalue weighted by molar-refractivity contribution is 0.863. The molecule has 0 aromatic heterocycles. The van der Waals surface area contributed by atoms with E-state index in [9.17, 15) is 0 Å². The Balaban J connectivity index is 3.19. The predicted molar refractivity (Wildman–Crippen MR) is 68.1 cm³/mol. The van der Waals surface area contributed by atoms with Gasteiger partial charge >= 0.3 is 0 Å². The summed E-state index contributed by atoms with van der Waals surface area (Å²) in [5.74, 6) is 0.578. The van der Waals surface area contributed by atoms with Crippen LogP contribution in [0.25, 0.3) is 6.08 Å². The van der Waals surface area contributed by atoms with Gasteiger partial charge < -0.3 is 5.73 Å². The minimum Gasteiger partial charge on any atom is -0.327 e. The van der Waals surface area contributed by atoms with E-state index in [4.69, 9.17) is 5.73 Å². The van der Waals surface area contributed by atoms with Gasteiger partial charge in [-0.25, -0.2) is 0 Å². The van der Waals surface area contributed by atoms with Gasteiger partial charge in [0.05, 0.1) is 0 Å². The van der Waals surface area contributed by atoms with Crippen LogP contribution < -0.4 is 5.73 Å². The molecule has 0 unspecified atom stereocenters. The van der Waals surface area contributed by atoms with E-state index < -0.39 is 0 Å². The van der Waals surface area contributed by atoms with Crippen LogP contribution in [0.2, 0.25) is 0 Å². The lowest BCUT2D eigenvalue weighted by Gasteiger charge is -2.12. The molecule has 0 spiro atoms. The van der Waals surface area contributed by atoms with E-state index in [2.05, 4.69) is 45.9 Å². The summed E-state index contributed by atoms with van der Waals surface area (Å²) in [4.78, 5) is 0. The number of rotatable bonds is 3. The Morgan fingerprint density at radius 3 is 2.47 bits per heavy atom. The van der Waals surface area contributed by atoms with Crippen molar-refractivity contribution in [1.29, 1.82) is 0 Å². The Morgan fingerprint density at radius 1 is 1.27 bits per heavy atom. The summed E-state index contributed by atoms with van der Waals surface area (Å²) in [5.41, 5.74) is 10.9. The van der Waals surface area contributed by atoms with Gasteiger partial charge in [-0.05, 0) is 42.0 Å². The molecule has 0 heterocycles. The third-order valence-electron chi connectivity index (χ3n) is 2.83. The molecule has 15 heavy (non-hydrogen) atoms. The largest absolute Gasteiger partial charge is 0.327 e. The highest BCUT2D eigenvalue weighted by atomic mass is 14.5. The molecule has 0 aliphatic rings. The van der Waals surface area contributed by atoms with Crippen LogP contribution in [0.3, 0.4) is 0 Å². The third kappa shape index (κ3) is 2.93. The molecule has 0 aliphatic carbocycles. The predicted octanol–water partition coefficient (Wildman–Crippen LogP) is 3.40. The van der Waals surface area contributed by atoms with Gasteiger partial charge in [0.1, 0.15) is 0 Å². The molecule has 2 N–H and O–H groups in total. The number of benzene rings is 1. The fourth-order valence-electron chi connectivity index (χ4n) is 1.62. The molecule has 1 heteroatoms. The van der Waals surface area contributed by atoms with Crippen LogP contribution in [-0.2, 0) is 0 Å². The van der Waals surface area contributed by atoms with Crippen LogP contribution in [0.5, 0.6) is 0 Å². The standard InChI is InChI=1S/C14H21N/c1-10(2)14-8-11(3)12(4)13(9-14)6-5-7-15/h5-6,8-10H,7,15H2,1-4H3/b6-5+. The van der Waals surface area contributed by atoms with E-state index >= 15 is 0 Å². The second kappa shape index (κ2) is 5.13.